The molecule has 2 aromatic heterocycles. The molecule has 29 heavy (non-hydrogen) atoms. The van der Waals surface area contributed by atoms with Gasteiger partial charge < -0.3 is 19.4 Å². The third-order valence-corrected chi connectivity index (χ3v) is 4.81. The highest BCUT2D eigenvalue weighted by Crippen LogP contribution is 2.25. The summed E-state index contributed by atoms with van der Waals surface area (Å²) >= 11 is 0. The topological polar surface area (TPSA) is 67.6 Å². The van der Waals surface area contributed by atoms with E-state index in [1.54, 1.807) is 13.2 Å². The number of furan rings is 1. The van der Waals surface area contributed by atoms with Crippen molar-refractivity contribution in [3.63, 3.8) is 0 Å². The summed E-state index contributed by atoms with van der Waals surface area (Å²) in [6.45, 7) is 2.11. The third-order valence-electron chi connectivity index (χ3n) is 4.81. The molecule has 4 aromatic rings. The first kappa shape index (κ1) is 19.0. The number of ether oxygens (including phenoxy) is 1. The Labute approximate surface area is 169 Å². The highest BCUT2D eigenvalue weighted by molar-refractivity contribution is 5.98. The average Bonchev–Trinajstić information content (AvgIpc) is 3.15. The zero-order valence-electron chi connectivity index (χ0n) is 16.5. The van der Waals surface area contributed by atoms with Crippen molar-refractivity contribution in [1.82, 2.24) is 15.2 Å². The molecule has 0 spiro atoms. The molecule has 0 saturated heterocycles. The molecule has 0 unspecified atom stereocenters. The van der Waals surface area contributed by atoms with Gasteiger partial charge >= 0.3 is 0 Å². The van der Waals surface area contributed by atoms with Crippen LogP contribution >= 0.6 is 0 Å². The number of amides is 1. The normalized spacial score (nSPS) is 11.3. The van der Waals surface area contributed by atoms with E-state index in [1.807, 2.05) is 49.5 Å². The minimum absolute atomic E-state index is 0.238. The molecule has 0 saturated carbocycles. The Morgan fingerprint density at radius 3 is 2.72 bits per heavy atom. The summed E-state index contributed by atoms with van der Waals surface area (Å²) in [6.07, 6.45) is 0. The Bertz CT molecular complexity index is 1140. The molecular weight excluding hydrogens is 366 g/mol. The second-order valence-electron chi connectivity index (χ2n) is 7.03. The number of hydrogen-bond acceptors (Lipinski definition) is 5. The number of benzene rings is 2. The molecule has 0 radical (unpaired) electrons. The molecule has 0 atom stereocenters. The van der Waals surface area contributed by atoms with Crippen LogP contribution in [0, 0.1) is 0 Å². The second-order valence-corrected chi connectivity index (χ2v) is 7.03. The lowest BCUT2D eigenvalue weighted by Crippen LogP contribution is -2.32. The Balaban J connectivity index is 1.39. The van der Waals surface area contributed by atoms with Gasteiger partial charge in [-0.05, 0) is 36.9 Å². The summed E-state index contributed by atoms with van der Waals surface area (Å²) < 4.78 is 10.9. The maximum absolute atomic E-state index is 12.5. The van der Waals surface area contributed by atoms with Gasteiger partial charge in [-0.15, -0.1) is 0 Å². The Morgan fingerprint density at radius 1 is 1.10 bits per heavy atom. The van der Waals surface area contributed by atoms with Crippen molar-refractivity contribution in [1.29, 1.82) is 0 Å². The predicted octanol–water partition coefficient (Wildman–Crippen LogP) is 3.85. The number of likely N-dealkylation sites (N-methyl/N-ethyl adjacent to an activating group) is 1. The Morgan fingerprint density at radius 2 is 1.93 bits per heavy atom. The zero-order chi connectivity index (χ0) is 20.2. The third kappa shape index (κ3) is 4.38. The summed E-state index contributed by atoms with van der Waals surface area (Å²) in [4.78, 5) is 19.1. The number of fused-ring (bicyclic) bond motifs is 2. The molecule has 0 aliphatic rings. The SMILES string of the molecule is COc1ccc2cc3cc(C(=O)NCCN(C)Cc4ccccc4)oc3nc2c1. The van der Waals surface area contributed by atoms with Gasteiger partial charge in [0.2, 0.25) is 5.71 Å². The molecule has 0 aliphatic heterocycles. The van der Waals surface area contributed by atoms with Gasteiger partial charge in [0.05, 0.1) is 12.6 Å². The Kier molecular flexibility index (Phi) is 5.44. The number of carbonyl (C=O) groups is 1. The summed E-state index contributed by atoms with van der Waals surface area (Å²) in [6, 6.07) is 19.6. The van der Waals surface area contributed by atoms with E-state index in [2.05, 4.69) is 27.3 Å². The predicted molar refractivity (Wildman–Crippen MR) is 113 cm³/mol. The second kappa shape index (κ2) is 8.32. The van der Waals surface area contributed by atoms with Gasteiger partial charge in [0, 0.05) is 36.5 Å². The standard InChI is InChI=1S/C23H23N3O3/c1-26(15-16-6-4-3-5-7-16)11-10-24-22(27)21-13-18-12-17-8-9-19(28-2)14-20(17)25-23(18)29-21/h3-9,12-14H,10-11,15H2,1-2H3,(H,24,27). The minimum atomic E-state index is -0.238. The maximum atomic E-state index is 12.5. The maximum Gasteiger partial charge on any atom is 0.287 e. The highest BCUT2D eigenvalue weighted by Gasteiger charge is 2.14. The lowest BCUT2D eigenvalue weighted by Gasteiger charge is -2.16. The number of pyridine rings is 1. The molecule has 1 amide bonds. The van der Waals surface area contributed by atoms with Gasteiger partial charge in [0.25, 0.3) is 5.91 Å². The van der Waals surface area contributed by atoms with E-state index in [-0.39, 0.29) is 11.7 Å². The molecule has 2 aromatic carbocycles. The van der Waals surface area contributed by atoms with Crippen LogP contribution in [0.5, 0.6) is 5.75 Å². The van der Waals surface area contributed by atoms with Gasteiger partial charge in [-0.25, -0.2) is 4.98 Å². The summed E-state index contributed by atoms with van der Waals surface area (Å²) in [5.74, 6) is 0.756. The smallest absolute Gasteiger partial charge is 0.287 e. The monoisotopic (exact) mass is 389 g/mol. The fourth-order valence-corrected chi connectivity index (χ4v) is 3.27. The van der Waals surface area contributed by atoms with E-state index < -0.39 is 0 Å². The van der Waals surface area contributed by atoms with E-state index in [0.717, 1.165) is 35.1 Å². The van der Waals surface area contributed by atoms with Crippen molar-refractivity contribution in [2.45, 2.75) is 6.54 Å². The molecule has 2 heterocycles. The number of hydrogen-bond donors (Lipinski definition) is 1. The largest absolute Gasteiger partial charge is 0.497 e. The molecule has 1 N–H and O–H groups in total. The fourth-order valence-electron chi connectivity index (χ4n) is 3.27. The molecule has 6 heteroatoms. The first-order chi connectivity index (χ1) is 14.1. The highest BCUT2D eigenvalue weighted by atomic mass is 16.5. The van der Waals surface area contributed by atoms with Gasteiger partial charge in [-0.1, -0.05) is 30.3 Å². The van der Waals surface area contributed by atoms with Crippen LogP contribution in [0.25, 0.3) is 22.0 Å². The average molecular weight is 389 g/mol. The van der Waals surface area contributed by atoms with Crippen molar-refractivity contribution in [2.75, 3.05) is 27.2 Å². The molecule has 6 nitrogen and oxygen atoms in total. The lowest BCUT2D eigenvalue weighted by molar-refractivity contribution is 0.0924. The first-order valence-electron chi connectivity index (χ1n) is 9.51. The molecular formula is C23H23N3O3. The van der Waals surface area contributed by atoms with E-state index in [1.165, 1.54) is 5.56 Å². The molecule has 0 aliphatic carbocycles. The number of methoxy groups -OCH3 is 1. The number of rotatable bonds is 7. The molecule has 148 valence electrons. The number of nitrogens with zero attached hydrogens (tertiary/aromatic N) is 2. The van der Waals surface area contributed by atoms with E-state index in [9.17, 15) is 4.79 Å². The van der Waals surface area contributed by atoms with Crippen molar-refractivity contribution in [3.05, 3.63) is 72.0 Å². The van der Waals surface area contributed by atoms with Crippen LogP contribution in [-0.2, 0) is 6.54 Å². The first-order valence-corrected chi connectivity index (χ1v) is 9.51. The van der Waals surface area contributed by atoms with Gasteiger partial charge in [0.15, 0.2) is 5.76 Å². The van der Waals surface area contributed by atoms with Gasteiger partial charge in [0.1, 0.15) is 5.75 Å². The van der Waals surface area contributed by atoms with Crippen LogP contribution in [0.2, 0.25) is 0 Å². The van der Waals surface area contributed by atoms with Crippen molar-refractivity contribution in [2.24, 2.45) is 0 Å². The van der Waals surface area contributed by atoms with Crippen LogP contribution in [0.1, 0.15) is 16.1 Å². The van der Waals surface area contributed by atoms with Gasteiger partial charge in [-0.3, -0.25) is 4.79 Å². The van der Waals surface area contributed by atoms with E-state index in [0.29, 0.717) is 12.3 Å². The van der Waals surface area contributed by atoms with Crippen molar-refractivity contribution in [3.8, 4) is 5.75 Å². The van der Waals surface area contributed by atoms with E-state index >= 15 is 0 Å². The summed E-state index contributed by atoms with van der Waals surface area (Å²) in [5, 5.41) is 4.68. The van der Waals surface area contributed by atoms with Crippen molar-refractivity contribution >= 4 is 27.9 Å². The van der Waals surface area contributed by atoms with Gasteiger partial charge in [-0.2, -0.15) is 0 Å². The van der Waals surface area contributed by atoms with E-state index in [4.69, 9.17) is 9.15 Å². The van der Waals surface area contributed by atoms with Crippen LogP contribution in [0.3, 0.4) is 0 Å². The summed E-state index contributed by atoms with van der Waals surface area (Å²) in [5.41, 5.74) is 2.45. The summed E-state index contributed by atoms with van der Waals surface area (Å²) in [7, 11) is 3.65. The molecule has 0 bridgehead atoms. The minimum Gasteiger partial charge on any atom is -0.497 e. The quantitative estimate of drug-likeness (QED) is 0.520. The fraction of sp³-hybridized carbons (Fsp3) is 0.217. The number of aromatic nitrogens is 1. The number of carbonyl (C=O) groups excluding carboxylic acids is 1. The van der Waals surface area contributed by atoms with Crippen LogP contribution in [0.15, 0.2) is 65.1 Å². The molecule has 0 fully saturated rings. The van der Waals surface area contributed by atoms with Crippen molar-refractivity contribution < 1.29 is 13.9 Å². The zero-order valence-corrected chi connectivity index (χ0v) is 16.5. The van der Waals surface area contributed by atoms with Crippen LogP contribution < -0.4 is 10.1 Å². The number of nitrogens with one attached hydrogen (secondary N) is 1. The van der Waals surface area contributed by atoms with Crippen LogP contribution in [-0.4, -0.2) is 43.0 Å². The Hall–Kier alpha value is -3.38. The lowest BCUT2D eigenvalue weighted by atomic mass is 10.2. The van der Waals surface area contributed by atoms with Crippen LogP contribution in [0.4, 0.5) is 0 Å². The molecule has 4 rings (SSSR count).